The van der Waals surface area contributed by atoms with Gasteiger partial charge in [-0.1, -0.05) is 25.7 Å². The molecule has 2 nitrogen and oxygen atoms in total. The van der Waals surface area contributed by atoms with E-state index in [4.69, 9.17) is 11.6 Å². The van der Waals surface area contributed by atoms with Crippen LogP contribution in [0.4, 0.5) is 0 Å². The summed E-state index contributed by atoms with van der Waals surface area (Å²) in [7, 11) is 0. The minimum Gasteiger partial charge on any atom is -0.355 e. The number of hydrogen-bond acceptors (Lipinski definition) is 1. The number of rotatable bonds is 4. The predicted molar refractivity (Wildman–Crippen MR) is 78.2 cm³/mol. The molecule has 3 atom stereocenters. The van der Waals surface area contributed by atoms with E-state index in [0.29, 0.717) is 23.6 Å². The first-order chi connectivity index (χ1) is 9.22. The van der Waals surface area contributed by atoms with E-state index in [1.54, 1.807) is 0 Å². The highest BCUT2D eigenvalue weighted by molar-refractivity contribution is 6.18. The third-order valence-corrected chi connectivity index (χ3v) is 6.48. The lowest BCUT2D eigenvalue weighted by Crippen LogP contribution is -2.43. The quantitative estimate of drug-likeness (QED) is 0.783. The van der Waals surface area contributed by atoms with Crippen LogP contribution in [0.25, 0.3) is 0 Å². The maximum absolute atomic E-state index is 12.4. The van der Waals surface area contributed by atoms with Crippen molar-refractivity contribution < 1.29 is 4.79 Å². The van der Waals surface area contributed by atoms with Gasteiger partial charge in [0, 0.05) is 23.8 Å². The molecule has 0 radical (unpaired) electrons. The van der Waals surface area contributed by atoms with Crippen molar-refractivity contribution in [1.82, 2.24) is 5.32 Å². The normalized spacial score (nSPS) is 36.4. The van der Waals surface area contributed by atoms with E-state index in [1.807, 2.05) is 0 Å². The van der Waals surface area contributed by atoms with Gasteiger partial charge in [0.2, 0.25) is 5.91 Å². The summed E-state index contributed by atoms with van der Waals surface area (Å²) in [4.78, 5) is 12.4. The van der Waals surface area contributed by atoms with Gasteiger partial charge in [0.05, 0.1) is 0 Å². The molecule has 3 rings (SSSR count). The first kappa shape index (κ1) is 13.7. The molecule has 2 bridgehead atoms. The van der Waals surface area contributed by atoms with Crippen molar-refractivity contribution in [2.45, 2.75) is 57.8 Å². The van der Waals surface area contributed by atoms with Crippen LogP contribution in [-0.4, -0.2) is 18.3 Å². The van der Waals surface area contributed by atoms with Crippen molar-refractivity contribution in [3.05, 3.63) is 0 Å². The Morgan fingerprint density at radius 1 is 1.16 bits per heavy atom. The fourth-order valence-electron chi connectivity index (χ4n) is 4.63. The maximum atomic E-state index is 12.4. The van der Waals surface area contributed by atoms with Crippen molar-refractivity contribution in [3.8, 4) is 0 Å². The van der Waals surface area contributed by atoms with E-state index in [9.17, 15) is 4.79 Å². The van der Waals surface area contributed by atoms with Crippen LogP contribution in [0.2, 0.25) is 0 Å². The van der Waals surface area contributed by atoms with Crippen LogP contribution in [0.15, 0.2) is 0 Å². The molecular weight excluding hydrogens is 258 g/mol. The molecule has 0 aliphatic heterocycles. The van der Waals surface area contributed by atoms with Crippen LogP contribution in [0, 0.1) is 23.2 Å². The van der Waals surface area contributed by atoms with Crippen LogP contribution in [0.5, 0.6) is 0 Å². The Kier molecular flexibility index (Phi) is 4.07. The van der Waals surface area contributed by atoms with Gasteiger partial charge in [-0.2, -0.15) is 0 Å². The van der Waals surface area contributed by atoms with Gasteiger partial charge in [-0.25, -0.2) is 0 Å². The van der Waals surface area contributed by atoms with E-state index in [2.05, 4.69) is 5.32 Å². The molecule has 0 heterocycles. The molecule has 3 fully saturated rings. The molecule has 1 amide bonds. The second-order valence-corrected chi connectivity index (χ2v) is 7.46. The van der Waals surface area contributed by atoms with Gasteiger partial charge in [0.15, 0.2) is 0 Å². The zero-order chi connectivity index (χ0) is 13.3. The monoisotopic (exact) mass is 283 g/mol. The van der Waals surface area contributed by atoms with Crippen molar-refractivity contribution in [2.75, 3.05) is 12.4 Å². The van der Waals surface area contributed by atoms with E-state index >= 15 is 0 Å². The van der Waals surface area contributed by atoms with Gasteiger partial charge in [-0.05, 0) is 43.9 Å². The zero-order valence-electron chi connectivity index (χ0n) is 11.8. The molecule has 19 heavy (non-hydrogen) atoms. The molecule has 108 valence electrons. The smallest absolute Gasteiger partial charge is 0.223 e. The molecule has 0 aromatic rings. The van der Waals surface area contributed by atoms with Crippen LogP contribution in [0.1, 0.15) is 57.8 Å². The number of nitrogens with one attached hydrogen (secondary N) is 1. The molecule has 0 saturated heterocycles. The summed E-state index contributed by atoms with van der Waals surface area (Å²) in [6.45, 7) is 0.809. The molecule has 3 aliphatic carbocycles. The number of fused-ring (bicyclic) bond motifs is 2. The summed E-state index contributed by atoms with van der Waals surface area (Å²) in [6.07, 6.45) is 11.3. The molecular formula is C16H26ClNO. The SMILES string of the molecule is O=C(NCC1(CCl)CCCCC1)C1CC2CCC1C2. The Labute approximate surface area is 121 Å². The molecule has 0 spiro atoms. The average molecular weight is 284 g/mol. The standard InChI is InChI=1S/C16H26ClNO/c17-10-16(6-2-1-3-7-16)11-18-15(19)14-9-12-4-5-13(14)8-12/h12-14H,1-11H2,(H,18,19). The van der Waals surface area contributed by atoms with Crippen LogP contribution < -0.4 is 5.32 Å². The van der Waals surface area contributed by atoms with Gasteiger partial charge < -0.3 is 5.32 Å². The second kappa shape index (κ2) is 5.63. The lowest BCUT2D eigenvalue weighted by molar-refractivity contribution is -0.127. The van der Waals surface area contributed by atoms with Gasteiger partial charge in [-0.15, -0.1) is 11.6 Å². The lowest BCUT2D eigenvalue weighted by Gasteiger charge is -2.36. The average Bonchev–Trinajstić information content (AvgIpc) is 3.08. The highest BCUT2D eigenvalue weighted by Crippen LogP contribution is 2.48. The third-order valence-electron chi connectivity index (χ3n) is 5.91. The largest absolute Gasteiger partial charge is 0.355 e. The maximum Gasteiger partial charge on any atom is 0.223 e. The summed E-state index contributed by atoms with van der Waals surface area (Å²) in [5.74, 6) is 2.86. The summed E-state index contributed by atoms with van der Waals surface area (Å²) in [5, 5.41) is 3.25. The summed E-state index contributed by atoms with van der Waals surface area (Å²) in [5.41, 5.74) is 0.188. The Morgan fingerprint density at radius 2 is 1.95 bits per heavy atom. The Bertz CT molecular complexity index is 338. The van der Waals surface area contributed by atoms with E-state index in [1.165, 1.54) is 51.4 Å². The molecule has 0 aromatic carbocycles. The first-order valence-electron chi connectivity index (χ1n) is 8.06. The number of amides is 1. The molecule has 3 unspecified atom stereocenters. The van der Waals surface area contributed by atoms with Gasteiger partial charge >= 0.3 is 0 Å². The number of halogens is 1. The fraction of sp³-hybridized carbons (Fsp3) is 0.938. The Balaban J connectivity index is 1.52. The lowest BCUT2D eigenvalue weighted by atomic mass is 9.75. The van der Waals surface area contributed by atoms with E-state index < -0.39 is 0 Å². The number of alkyl halides is 1. The van der Waals surface area contributed by atoms with Crippen LogP contribution in [0.3, 0.4) is 0 Å². The van der Waals surface area contributed by atoms with Gasteiger partial charge in [-0.3, -0.25) is 4.79 Å². The predicted octanol–water partition coefficient (Wildman–Crippen LogP) is 3.73. The van der Waals surface area contributed by atoms with E-state index in [0.717, 1.165) is 18.9 Å². The van der Waals surface area contributed by atoms with Crippen LogP contribution >= 0.6 is 11.6 Å². The molecule has 1 N–H and O–H groups in total. The van der Waals surface area contributed by atoms with Crippen molar-refractivity contribution in [2.24, 2.45) is 23.2 Å². The fourth-order valence-corrected chi connectivity index (χ4v) is 4.99. The number of hydrogen-bond donors (Lipinski definition) is 1. The highest BCUT2D eigenvalue weighted by Gasteiger charge is 2.43. The second-order valence-electron chi connectivity index (χ2n) is 7.19. The van der Waals surface area contributed by atoms with Crippen LogP contribution in [-0.2, 0) is 4.79 Å². The minimum atomic E-state index is 0.188. The summed E-state index contributed by atoms with van der Waals surface area (Å²) in [6, 6.07) is 0. The summed E-state index contributed by atoms with van der Waals surface area (Å²) >= 11 is 6.19. The Morgan fingerprint density at radius 3 is 2.53 bits per heavy atom. The van der Waals surface area contributed by atoms with Gasteiger partial charge in [0.25, 0.3) is 0 Å². The number of carbonyl (C=O) groups is 1. The molecule has 0 aromatic heterocycles. The Hall–Kier alpha value is -0.240. The van der Waals surface area contributed by atoms with E-state index in [-0.39, 0.29) is 5.41 Å². The van der Waals surface area contributed by atoms with Crippen molar-refractivity contribution in [3.63, 3.8) is 0 Å². The van der Waals surface area contributed by atoms with Crippen molar-refractivity contribution >= 4 is 17.5 Å². The highest BCUT2D eigenvalue weighted by atomic mass is 35.5. The first-order valence-corrected chi connectivity index (χ1v) is 8.60. The third kappa shape index (κ3) is 2.79. The zero-order valence-corrected chi connectivity index (χ0v) is 12.6. The number of carbonyl (C=O) groups excluding carboxylic acids is 1. The molecule has 3 aliphatic rings. The molecule has 3 saturated carbocycles. The minimum absolute atomic E-state index is 0.188. The topological polar surface area (TPSA) is 29.1 Å². The van der Waals surface area contributed by atoms with Crippen molar-refractivity contribution in [1.29, 1.82) is 0 Å². The summed E-state index contributed by atoms with van der Waals surface area (Å²) < 4.78 is 0. The molecule has 3 heteroatoms. The van der Waals surface area contributed by atoms with Gasteiger partial charge in [0.1, 0.15) is 0 Å².